The normalized spacial score (nSPS) is 10.5. The summed E-state index contributed by atoms with van der Waals surface area (Å²) in [4.78, 5) is 5.60. The second kappa shape index (κ2) is 8.97. The minimum Gasteiger partial charge on any atom is -0.421 e. The van der Waals surface area contributed by atoms with Crippen molar-refractivity contribution in [2.24, 2.45) is 5.16 Å². The van der Waals surface area contributed by atoms with Crippen LogP contribution >= 0.6 is 0 Å². The van der Waals surface area contributed by atoms with Crippen LogP contribution in [0, 0.1) is 6.92 Å². The molecule has 5 heteroatoms. The fourth-order valence-electron chi connectivity index (χ4n) is 2.87. The summed E-state index contributed by atoms with van der Waals surface area (Å²) in [5.41, 5.74) is 4.88. The van der Waals surface area contributed by atoms with Gasteiger partial charge in [-0.1, -0.05) is 83.5 Å². The Hall–Kier alpha value is -3.73. The zero-order valence-electron chi connectivity index (χ0n) is 16.2. The molecule has 4 rings (SSSR count). The van der Waals surface area contributed by atoms with Crippen LogP contribution in [0.4, 0.5) is 0 Å². The average Bonchev–Trinajstić information content (AvgIpc) is 3.24. The molecule has 0 fully saturated rings. The molecule has 0 saturated heterocycles. The smallest absolute Gasteiger partial charge is 0.247 e. The molecule has 5 nitrogen and oxygen atoms in total. The Balaban J connectivity index is 1.42. The van der Waals surface area contributed by atoms with E-state index in [9.17, 15) is 0 Å². The van der Waals surface area contributed by atoms with Gasteiger partial charge in [-0.15, -0.1) is 10.2 Å². The highest BCUT2D eigenvalue weighted by Gasteiger charge is 2.10. The second-order valence-corrected chi connectivity index (χ2v) is 6.62. The van der Waals surface area contributed by atoms with Crippen molar-refractivity contribution in [3.05, 3.63) is 108 Å². The monoisotopic (exact) mass is 383 g/mol. The van der Waals surface area contributed by atoms with Crippen molar-refractivity contribution >= 4 is 5.71 Å². The largest absolute Gasteiger partial charge is 0.421 e. The molecular weight excluding hydrogens is 362 g/mol. The van der Waals surface area contributed by atoms with E-state index in [-0.39, 0.29) is 0 Å². The third kappa shape index (κ3) is 4.76. The standard InChI is InChI=1S/C24H21N3O2/c1-18-12-14-21(15-13-18)24-26-25-22(29-24)16-17-28-27-23(19-8-4-2-5-9-19)20-10-6-3-7-11-20/h2-15H,16-17H2,1H3. The first-order chi connectivity index (χ1) is 14.3. The van der Waals surface area contributed by atoms with Crippen molar-refractivity contribution in [3.8, 4) is 11.5 Å². The maximum absolute atomic E-state index is 5.74. The van der Waals surface area contributed by atoms with Gasteiger partial charge in [-0.25, -0.2) is 0 Å². The van der Waals surface area contributed by atoms with E-state index in [1.807, 2.05) is 91.9 Å². The topological polar surface area (TPSA) is 60.5 Å². The molecule has 0 bridgehead atoms. The van der Waals surface area contributed by atoms with Crippen LogP contribution in [0.2, 0.25) is 0 Å². The van der Waals surface area contributed by atoms with Crippen LogP contribution in [0.1, 0.15) is 22.6 Å². The maximum atomic E-state index is 5.74. The predicted molar refractivity (Wildman–Crippen MR) is 113 cm³/mol. The molecule has 0 aliphatic heterocycles. The summed E-state index contributed by atoms with van der Waals surface area (Å²) in [5, 5.41) is 12.6. The van der Waals surface area contributed by atoms with Crippen molar-refractivity contribution < 1.29 is 9.25 Å². The molecule has 0 aliphatic carbocycles. The molecule has 0 saturated carbocycles. The molecule has 4 aromatic rings. The van der Waals surface area contributed by atoms with Gasteiger partial charge in [0.1, 0.15) is 12.3 Å². The number of benzene rings is 3. The molecule has 0 unspecified atom stereocenters. The molecule has 0 atom stereocenters. The van der Waals surface area contributed by atoms with Gasteiger partial charge in [0, 0.05) is 16.7 Å². The Morgan fingerprint density at radius 1 is 0.828 bits per heavy atom. The van der Waals surface area contributed by atoms with E-state index in [0.717, 1.165) is 22.4 Å². The average molecular weight is 383 g/mol. The molecule has 1 heterocycles. The van der Waals surface area contributed by atoms with Gasteiger partial charge in [0.2, 0.25) is 11.8 Å². The van der Waals surface area contributed by atoms with Gasteiger partial charge in [0.25, 0.3) is 0 Å². The molecular formula is C24H21N3O2. The van der Waals surface area contributed by atoms with Gasteiger partial charge in [-0.2, -0.15) is 0 Å². The van der Waals surface area contributed by atoms with E-state index in [0.29, 0.717) is 24.8 Å². The van der Waals surface area contributed by atoms with Crippen LogP contribution in [-0.2, 0) is 11.3 Å². The highest BCUT2D eigenvalue weighted by Crippen LogP contribution is 2.18. The lowest BCUT2D eigenvalue weighted by atomic mass is 10.0. The SMILES string of the molecule is Cc1ccc(-c2nnc(CCON=C(c3ccccc3)c3ccccc3)o2)cc1. The van der Waals surface area contributed by atoms with Crippen LogP contribution in [0.5, 0.6) is 0 Å². The second-order valence-electron chi connectivity index (χ2n) is 6.62. The third-order valence-electron chi connectivity index (χ3n) is 4.42. The highest BCUT2D eigenvalue weighted by molar-refractivity contribution is 6.12. The fraction of sp³-hybridized carbons (Fsp3) is 0.125. The van der Waals surface area contributed by atoms with Crippen LogP contribution in [0.3, 0.4) is 0 Å². The predicted octanol–water partition coefficient (Wildman–Crippen LogP) is 5.06. The number of rotatable bonds is 7. The Bertz CT molecular complexity index is 1030. The zero-order valence-corrected chi connectivity index (χ0v) is 16.2. The summed E-state index contributed by atoms with van der Waals surface area (Å²) in [5.74, 6) is 1.04. The number of aryl methyl sites for hydroxylation is 1. The van der Waals surface area contributed by atoms with Crippen LogP contribution in [0.25, 0.3) is 11.5 Å². The molecule has 0 aliphatic rings. The van der Waals surface area contributed by atoms with E-state index in [1.54, 1.807) is 0 Å². The summed E-state index contributed by atoms with van der Waals surface area (Å²) in [6, 6.07) is 27.9. The molecule has 3 aromatic carbocycles. The van der Waals surface area contributed by atoms with Crippen molar-refractivity contribution in [3.63, 3.8) is 0 Å². The van der Waals surface area contributed by atoms with E-state index < -0.39 is 0 Å². The highest BCUT2D eigenvalue weighted by atomic mass is 16.6. The van der Waals surface area contributed by atoms with Crippen molar-refractivity contribution in [1.82, 2.24) is 10.2 Å². The molecule has 0 spiro atoms. The number of hydrogen-bond donors (Lipinski definition) is 0. The molecule has 29 heavy (non-hydrogen) atoms. The van der Waals surface area contributed by atoms with E-state index in [1.165, 1.54) is 5.56 Å². The summed E-state index contributed by atoms with van der Waals surface area (Å²) < 4.78 is 5.74. The zero-order chi connectivity index (χ0) is 19.9. The summed E-state index contributed by atoms with van der Waals surface area (Å²) >= 11 is 0. The minimum absolute atomic E-state index is 0.346. The van der Waals surface area contributed by atoms with Crippen molar-refractivity contribution in [2.75, 3.05) is 6.61 Å². The molecule has 0 amide bonds. The number of oxime groups is 1. The van der Waals surface area contributed by atoms with Gasteiger partial charge in [-0.05, 0) is 19.1 Å². The lowest BCUT2D eigenvalue weighted by molar-refractivity contribution is 0.143. The quantitative estimate of drug-likeness (QED) is 0.254. The molecule has 0 radical (unpaired) electrons. The summed E-state index contributed by atoms with van der Waals surface area (Å²) in [6.45, 7) is 2.39. The van der Waals surface area contributed by atoms with Gasteiger partial charge in [-0.3, -0.25) is 0 Å². The molecule has 1 aromatic heterocycles. The summed E-state index contributed by atoms with van der Waals surface area (Å²) in [7, 11) is 0. The van der Waals surface area contributed by atoms with Crippen LogP contribution in [-0.4, -0.2) is 22.5 Å². The molecule has 144 valence electrons. The van der Waals surface area contributed by atoms with Crippen molar-refractivity contribution in [2.45, 2.75) is 13.3 Å². The maximum Gasteiger partial charge on any atom is 0.247 e. The minimum atomic E-state index is 0.346. The Morgan fingerprint density at radius 3 is 2.07 bits per heavy atom. The lowest BCUT2D eigenvalue weighted by Crippen LogP contribution is -2.05. The van der Waals surface area contributed by atoms with Gasteiger partial charge in [0.15, 0.2) is 0 Å². The third-order valence-corrected chi connectivity index (χ3v) is 4.42. The van der Waals surface area contributed by atoms with Crippen molar-refractivity contribution in [1.29, 1.82) is 0 Å². The van der Waals surface area contributed by atoms with E-state index in [2.05, 4.69) is 15.4 Å². The van der Waals surface area contributed by atoms with Gasteiger partial charge in [0.05, 0.1) is 6.42 Å². The van der Waals surface area contributed by atoms with Gasteiger partial charge >= 0.3 is 0 Å². The number of hydrogen-bond acceptors (Lipinski definition) is 5. The first-order valence-corrected chi connectivity index (χ1v) is 9.50. The molecule has 0 N–H and O–H groups in total. The Kier molecular flexibility index (Phi) is 5.76. The van der Waals surface area contributed by atoms with E-state index in [4.69, 9.17) is 9.25 Å². The van der Waals surface area contributed by atoms with Crippen LogP contribution in [0.15, 0.2) is 94.5 Å². The van der Waals surface area contributed by atoms with Crippen LogP contribution < -0.4 is 0 Å². The summed E-state index contributed by atoms with van der Waals surface area (Å²) in [6.07, 6.45) is 0.485. The lowest BCUT2D eigenvalue weighted by Gasteiger charge is -2.07. The fourth-order valence-corrected chi connectivity index (χ4v) is 2.87. The Labute approximate surface area is 169 Å². The van der Waals surface area contributed by atoms with Gasteiger partial charge < -0.3 is 9.25 Å². The first-order valence-electron chi connectivity index (χ1n) is 9.50. The first kappa shape index (κ1) is 18.6. The Morgan fingerprint density at radius 2 is 1.45 bits per heavy atom. The van der Waals surface area contributed by atoms with E-state index >= 15 is 0 Å². The number of aromatic nitrogens is 2. The number of nitrogens with zero attached hydrogens (tertiary/aromatic N) is 3.